The molecule has 0 bridgehead atoms. The van der Waals surface area contributed by atoms with Crippen LogP contribution in [0, 0.1) is 0 Å². The number of fused-ring (bicyclic) bond motifs is 2. The molecule has 146 valence electrons. The molecular formula is C21H15NO7. The van der Waals surface area contributed by atoms with Crippen molar-refractivity contribution in [3.05, 3.63) is 70.3 Å². The minimum absolute atomic E-state index is 0.0951. The average molecular weight is 393 g/mol. The number of benzene rings is 2. The number of esters is 1. The number of anilines is 1. The third-order valence-corrected chi connectivity index (χ3v) is 4.32. The van der Waals surface area contributed by atoms with Crippen molar-refractivity contribution in [2.45, 2.75) is 0 Å². The Morgan fingerprint density at radius 1 is 0.966 bits per heavy atom. The molecular weight excluding hydrogens is 378 g/mol. The number of ether oxygens (including phenoxy) is 2. The fraction of sp³-hybridized carbons (Fsp3) is 0.0952. The summed E-state index contributed by atoms with van der Waals surface area (Å²) in [5.74, 6) is -0.818. The van der Waals surface area contributed by atoms with Gasteiger partial charge in [0.1, 0.15) is 5.58 Å². The van der Waals surface area contributed by atoms with Crippen LogP contribution in [0.5, 0.6) is 5.75 Å². The molecule has 0 aliphatic rings. The molecule has 4 aromatic rings. The van der Waals surface area contributed by atoms with E-state index >= 15 is 0 Å². The molecule has 0 spiro atoms. The molecule has 0 saturated carbocycles. The van der Waals surface area contributed by atoms with Crippen LogP contribution in [-0.2, 0) is 4.74 Å². The summed E-state index contributed by atoms with van der Waals surface area (Å²) < 4.78 is 20.8. The molecule has 2 aromatic heterocycles. The van der Waals surface area contributed by atoms with Crippen molar-refractivity contribution in [1.82, 2.24) is 0 Å². The minimum atomic E-state index is -0.748. The Bertz CT molecular complexity index is 1320. The third kappa shape index (κ3) is 3.31. The second kappa shape index (κ2) is 7.16. The molecule has 2 aromatic carbocycles. The topological polar surface area (TPSA) is 108 Å². The predicted octanol–water partition coefficient (Wildman–Crippen LogP) is 3.59. The second-order valence-electron chi connectivity index (χ2n) is 6.12. The van der Waals surface area contributed by atoms with Gasteiger partial charge in [0.05, 0.1) is 19.6 Å². The zero-order valence-electron chi connectivity index (χ0n) is 15.5. The number of rotatable bonds is 4. The minimum Gasteiger partial charge on any atom is -0.493 e. The Kier molecular flexibility index (Phi) is 4.52. The Morgan fingerprint density at radius 2 is 1.79 bits per heavy atom. The fourth-order valence-corrected chi connectivity index (χ4v) is 2.94. The SMILES string of the molecule is COC(=O)c1cc(=O)c2cc(NC(=O)c3cc4cccc(OC)c4o3)ccc2o1. The van der Waals surface area contributed by atoms with Crippen molar-refractivity contribution in [1.29, 1.82) is 0 Å². The fourth-order valence-electron chi connectivity index (χ4n) is 2.94. The molecule has 0 radical (unpaired) electrons. The van der Waals surface area contributed by atoms with Crippen molar-refractivity contribution in [2.75, 3.05) is 19.5 Å². The molecule has 1 N–H and O–H groups in total. The van der Waals surface area contributed by atoms with Gasteiger partial charge in [-0.3, -0.25) is 9.59 Å². The van der Waals surface area contributed by atoms with E-state index in [1.807, 2.05) is 0 Å². The summed E-state index contributed by atoms with van der Waals surface area (Å²) in [6.07, 6.45) is 0. The van der Waals surface area contributed by atoms with Gasteiger partial charge in [-0.25, -0.2) is 4.79 Å². The number of furan rings is 1. The lowest BCUT2D eigenvalue weighted by atomic mass is 10.2. The largest absolute Gasteiger partial charge is 0.493 e. The van der Waals surface area contributed by atoms with Crippen molar-refractivity contribution in [3.8, 4) is 5.75 Å². The van der Waals surface area contributed by atoms with Gasteiger partial charge in [0, 0.05) is 17.1 Å². The molecule has 8 heteroatoms. The number of hydrogen-bond donors (Lipinski definition) is 1. The summed E-state index contributed by atoms with van der Waals surface area (Å²) in [5, 5.41) is 3.61. The van der Waals surface area contributed by atoms with E-state index in [9.17, 15) is 14.4 Å². The third-order valence-electron chi connectivity index (χ3n) is 4.32. The van der Waals surface area contributed by atoms with Crippen LogP contribution in [-0.4, -0.2) is 26.1 Å². The highest BCUT2D eigenvalue weighted by Crippen LogP contribution is 2.29. The van der Waals surface area contributed by atoms with E-state index in [-0.39, 0.29) is 22.5 Å². The van der Waals surface area contributed by atoms with Crippen molar-refractivity contribution >= 4 is 39.5 Å². The van der Waals surface area contributed by atoms with Gasteiger partial charge in [0.25, 0.3) is 5.91 Å². The smallest absolute Gasteiger partial charge is 0.374 e. The lowest BCUT2D eigenvalue weighted by Crippen LogP contribution is -2.12. The van der Waals surface area contributed by atoms with Crippen LogP contribution in [0.15, 0.2) is 62.2 Å². The quantitative estimate of drug-likeness (QED) is 0.528. The number of nitrogens with one attached hydrogen (secondary N) is 1. The first-order valence-corrected chi connectivity index (χ1v) is 8.54. The summed E-state index contributed by atoms with van der Waals surface area (Å²) in [5.41, 5.74) is 0.600. The lowest BCUT2D eigenvalue weighted by molar-refractivity contribution is 0.0565. The van der Waals surface area contributed by atoms with Crippen molar-refractivity contribution in [2.24, 2.45) is 0 Å². The van der Waals surface area contributed by atoms with E-state index in [2.05, 4.69) is 10.1 Å². The Balaban J connectivity index is 1.65. The highest BCUT2D eigenvalue weighted by Gasteiger charge is 2.17. The van der Waals surface area contributed by atoms with E-state index in [4.69, 9.17) is 13.6 Å². The maximum atomic E-state index is 12.6. The number of methoxy groups -OCH3 is 2. The molecule has 4 rings (SSSR count). The van der Waals surface area contributed by atoms with Gasteiger partial charge < -0.3 is 23.6 Å². The summed E-state index contributed by atoms with van der Waals surface area (Å²) in [7, 11) is 2.71. The van der Waals surface area contributed by atoms with E-state index in [0.717, 1.165) is 11.5 Å². The predicted molar refractivity (Wildman–Crippen MR) is 105 cm³/mol. The van der Waals surface area contributed by atoms with Gasteiger partial charge in [0.2, 0.25) is 5.76 Å². The van der Waals surface area contributed by atoms with Crippen LogP contribution >= 0.6 is 0 Å². The molecule has 0 aliphatic heterocycles. The number of hydrogen-bond acceptors (Lipinski definition) is 7. The van der Waals surface area contributed by atoms with Gasteiger partial charge in [-0.2, -0.15) is 0 Å². The van der Waals surface area contributed by atoms with E-state index < -0.39 is 17.3 Å². The summed E-state index contributed by atoms with van der Waals surface area (Å²) in [6.45, 7) is 0. The zero-order chi connectivity index (χ0) is 20.5. The number of carbonyl (C=O) groups excluding carboxylic acids is 2. The summed E-state index contributed by atoms with van der Waals surface area (Å²) >= 11 is 0. The van der Waals surface area contributed by atoms with Gasteiger partial charge in [-0.1, -0.05) is 12.1 Å². The van der Waals surface area contributed by atoms with Crippen molar-refractivity contribution in [3.63, 3.8) is 0 Å². The summed E-state index contributed by atoms with van der Waals surface area (Å²) in [6, 6.07) is 12.5. The Hall–Kier alpha value is -4.07. The number of para-hydroxylation sites is 1. The lowest BCUT2D eigenvalue weighted by Gasteiger charge is -2.05. The maximum Gasteiger partial charge on any atom is 0.374 e. The first kappa shape index (κ1) is 18.3. The Labute approximate surface area is 163 Å². The second-order valence-corrected chi connectivity index (χ2v) is 6.12. The van der Waals surface area contributed by atoms with E-state index in [1.54, 1.807) is 30.3 Å². The first-order valence-electron chi connectivity index (χ1n) is 8.54. The Morgan fingerprint density at radius 3 is 2.55 bits per heavy atom. The van der Waals surface area contributed by atoms with Crippen LogP contribution in [0.1, 0.15) is 21.1 Å². The molecule has 2 heterocycles. The standard InChI is InChI=1S/C21H15NO7/c1-26-16-5-3-4-11-8-17(29-19(11)16)20(24)22-12-6-7-15-13(9-12)14(23)10-18(28-15)21(25)27-2/h3-10H,1-2H3,(H,22,24). The average Bonchev–Trinajstić information content (AvgIpc) is 3.18. The van der Waals surface area contributed by atoms with E-state index in [0.29, 0.717) is 17.0 Å². The zero-order valence-corrected chi connectivity index (χ0v) is 15.5. The molecule has 0 aliphatic carbocycles. The van der Waals surface area contributed by atoms with Crippen LogP contribution in [0.3, 0.4) is 0 Å². The molecule has 0 saturated heterocycles. The maximum absolute atomic E-state index is 12.6. The molecule has 29 heavy (non-hydrogen) atoms. The highest BCUT2D eigenvalue weighted by molar-refractivity contribution is 6.05. The molecule has 8 nitrogen and oxygen atoms in total. The van der Waals surface area contributed by atoms with Gasteiger partial charge in [-0.15, -0.1) is 0 Å². The molecule has 0 fully saturated rings. The van der Waals surface area contributed by atoms with Crippen LogP contribution in [0.4, 0.5) is 5.69 Å². The number of amides is 1. The molecule has 0 unspecified atom stereocenters. The molecule has 0 atom stereocenters. The monoisotopic (exact) mass is 393 g/mol. The van der Waals surface area contributed by atoms with E-state index in [1.165, 1.54) is 26.4 Å². The summed E-state index contributed by atoms with van der Waals surface area (Å²) in [4.78, 5) is 36.4. The number of carbonyl (C=O) groups is 2. The van der Waals surface area contributed by atoms with Crippen LogP contribution in [0.25, 0.3) is 21.9 Å². The van der Waals surface area contributed by atoms with Crippen LogP contribution < -0.4 is 15.5 Å². The van der Waals surface area contributed by atoms with Crippen LogP contribution in [0.2, 0.25) is 0 Å². The normalized spacial score (nSPS) is 10.8. The van der Waals surface area contributed by atoms with Crippen molar-refractivity contribution < 1.29 is 27.9 Å². The van der Waals surface area contributed by atoms with Gasteiger partial charge >= 0.3 is 5.97 Å². The first-order chi connectivity index (χ1) is 14.0. The van der Waals surface area contributed by atoms with Gasteiger partial charge in [0.15, 0.2) is 22.5 Å². The molecule has 1 amide bonds. The highest BCUT2D eigenvalue weighted by atomic mass is 16.5. The van der Waals surface area contributed by atoms with Gasteiger partial charge in [-0.05, 0) is 30.3 Å².